The zero-order chi connectivity index (χ0) is 13.1. The van der Waals surface area contributed by atoms with Gasteiger partial charge in [0.05, 0.1) is 6.04 Å². The number of nitrogens with one attached hydrogen (secondary N) is 1. The van der Waals surface area contributed by atoms with Gasteiger partial charge in [0.2, 0.25) is 0 Å². The molecule has 0 amide bonds. The van der Waals surface area contributed by atoms with Crippen molar-refractivity contribution in [2.24, 2.45) is 5.84 Å². The van der Waals surface area contributed by atoms with Crippen LogP contribution < -0.4 is 11.3 Å². The Morgan fingerprint density at radius 3 is 2.72 bits per heavy atom. The molecule has 94 valence electrons. The van der Waals surface area contributed by atoms with Crippen LogP contribution in [0.3, 0.4) is 0 Å². The van der Waals surface area contributed by atoms with E-state index in [1.807, 2.05) is 13.0 Å². The normalized spacial score (nSPS) is 12.4. The number of pyridine rings is 1. The predicted octanol–water partition coefficient (Wildman–Crippen LogP) is 2.84. The van der Waals surface area contributed by atoms with E-state index in [2.05, 4.69) is 26.3 Å². The largest absolute Gasteiger partial charge is 0.271 e. The lowest BCUT2D eigenvalue weighted by molar-refractivity contribution is 0.558. The van der Waals surface area contributed by atoms with Crippen molar-refractivity contribution in [3.8, 4) is 0 Å². The maximum Gasteiger partial charge on any atom is 0.129 e. The Morgan fingerprint density at radius 2 is 2.11 bits per heavy atom. The SMILES string of the molecule is Cc1cncc(C(NN)c2ccc(Br)cc2F)c1. The number of aryl methyl sites for hydroxylation is 1. The van der Waals surface area contributed by atoms with Crippen LogP contribution in [0.4, 0.5) is 4.39 Å². The number of hydrogen-bond donors (Lipinski definition) is 2. The highest BCUT2D eigenvalue weighted by atomic mass is 79.9. The number of nitrogens with two attached hydrogens (primary N) is 1. The fourth-order valence-electron chi connectivity index (χ4n) is 1.84. The zero-order valence-corrected chi connectivity index (χ0v) is 11.4. The standard InChI is InChI=1S/C13H13BrFN3/c1-8-4-9(7-17-6-8)13(18-16)11-3-2-10(14)5-12(11)15/h2-7,13,18H,16H2,1H3. The maximum atomic E-state index is 13.9. The molecule has 1 aromatic heterocycles. The van der Waals surface area contributed by atoms with Gasteiger partial charge in [-0.2, -0.15) is 0 Å². The second-order valence-electron chi connectivity index (χ2n) is 4.06. The highest BCUT2D eigenvalue weighted by Crippen LogP contribution is 2.25. The Morgan fingerprint density at radius 1 is 1.33 bits per heavy atom. The molecule has 0 radical (unpaired) electrons. The van der Waals surface area contributed by atoms with E-state index in [1.54, 1.807) is 24.5 Å². The maximum absolute atomic E-state index is 13.9. The minimum Gasteiger partial charge on any atom is -0.271 e. The van der Waals surface area contributed by atoms with Crippen molar-refractivity contribution in [1.82, 2.24) is 10.4 Å². The summed E-state index contributed by atoms with van der Waals surface area (Å²) in [4.78, 5) is 4.10. The third-order valence-corrected chi connectivity index (χ3v) is 3.16. The van der Waals surface area contributed by atoms with Crippen LogP contribution in [0.25, 0.3) is 0 Å². The smallest absolute Gasteiger partial charge is 0.129 e. The third kappa shape index (κ3) is 2.75. The molecule has 3 nitrogen and oxygen atoms in total. The van der Waals surface area contributed by atoms with Crippen molar-refractivity contribution in [3.63, 3.8) is 0 Å². The number of hydrogen-bond acceptors (Lipinski definition) is 3. The van der Waals surface area contributed by atoms with E-state index in [1.165, 1.54) is 6.07 Å². The summed E-state index contributed by atoms with van der Waals surface area (Å²) >= 11 is 3.23. The minimum atomic E-state index is -0.412. The summed E-state index contributed by atoms with van der Waals surface area (Å²) < 4.78 is 14.6. The topological polar surface area (TPSA) is 50.9 Å². The van der Waals surface area contributed by atoms with Gasteiger partial charge in [-0.15, -0.1) is 0 Å². The van der Waals surface area contributed by atoms with Gasteiger partial charge in [-0.25, -0.2) is 9.82 Å². The van der Waals surface area contributed by atoms with Gasteiger partial charge >= 0.3 is 0 Å². The molecule has 1 heterocycles. The summed E-state index contributed by atoms with van der Waals surface area (Å²) in [5.41, 5.74) is 4.96. The van der Waals surface area contributed by atoms with E-state index in [4.69, 9.17) is 5.84 Å². The van der Waals surface area contributed by atoms with E-state index < -0.39 is 6.04 Å². The number of aromatic nitrogens is 1. The Labute approximate surface area is 113 Å². The summed E-state index contributed by atoms with van der Waals surface area (Å²) in [5.74, 6) is 5.23. The highest BCUT2D eigenvalue weighted by molar-refractivity contribution is 9.10. The molecule has 0 saturated carbocycles. The number of nitrogens with zero attached hydrogens (tertiary/aromatic N) is 1. The van der Waals surface area contributed by atoms with Gasteiger partial charge in [0.1, 0.15) is 5.82 Å². The molecular weight excluding hydrogens is 297 g/mol. The summed E-state index contributed by atoms with van der Waals surface area (Å²) in [5, 5.41) is 0. The predicted molar refractivity (Wildman–Crippen MR) is 72.2 cm³/mol. The van der Waals surface area contributed by atoms with Crippen molar-refractivity contribution in [1.29, 1.82) is 0 Å². The number of benzene rings is 1. The van der Waals surface area contributed by atoms with Crippen LogP contribution in [0.2, 0.25) is 0 Å². The molecule has 0 aliphatic heterocycles. The molecule has 0 bridgehead atoms. The summed E-state index contributed by atoms with van der Waals surface area (Å²) in [6.45, 7) is 1.93. The molecule has 0 saturated heterocycles. The Bertz CT molecular complexity index is 560. The van der Waals surface area contributed by atoms with Gasteiger partial charge < -0.3 is 0 Å². The summed E-state index contributed by atoms with van der Waals surface area (Å²) in [6, 6.07) is 6.42. The van der Waals surface area contributed by atoms with Crippen LogP contribution in [0, 0.1) is 12.7 Å². The molecule has 0 aliphatic carbocycles. The van der Waals surface area contributed by atoms with Crippen LogP contribution in [0.15, 0.2) is 41.1 Å². The van der Waals surface area contributed by atoms with Gasteiger partial charge in [-0.05, 0) is 30.2 Å². The molecule has 0 aliphatic rings. The third-order valence-electron chi connectivity index (χ3n) is 2.67. The van der Waals surface area contributed by atoms with Crippen molar-refractivity contribution < 1.29 is 4.39 Å². The molecular formula is C13H13BrFN3. The van der Waals surface area contributed by atoms with Gasteiger partial charge in [-0.1, -0.05) is 28.1 Å². The van der Waals surface area contributed by atoms with Crippen molar-refractivity contribution in [2.45, 2.75) is 13.0 Å². The molecule has 2 aromatic rings. The van der Waals surface area contributed by atoms with Crippen LogP contribution in [0.1, 0.15) is 22.7 Å². The van der Waals surface area contributed by atoms with Gasteiger partial charge in [0, 0.05) is 22.4 Å². The van der Waals surface area contributed by atoms with Crippen LogP contribution in [-0.2, 0) is 0 Å². The van der Waals surface area contributed by atoms with Crippen molar-refractivity contribution >= 4 is 15.9 Å². The molecule has 18 heavy (non-hydrogen) atoms. The Kier molecular flexibility index (Phi) is 4.06. The van der Waals surface area contributed by atoms with Gasteiger partial charge in [-0.3, -0.25) is 10.8 Å². The van der Waals surface area contributed by atoms with E-state index in [9.17, 15) is 4.39 Å². The van der Waals surface area contributed by atoms with Crippen molar-refractivity contribution in [2.75, 3.05) is 0 Å². The van der Waals surface area contributed by atoms with E-state index >= 15 is 0 Å². The number of hydrazine groups is 1. The van der Waals surface area contributed by atoms with Crippen LogP contribution >= 0.6 is 15.9 Å². The van der Waals surface area contributed by atoms with Gasteiger partial charge in [0.15, 0.2) is 0 Å². The van der Waals surface area contributed by atoms with E-state index in [0.29, 0.717) is 10.0 Å². The number of halogens is 2. The van der Waals surface area contributed by atoms with Crippen LogP contribution in [0.5, 0.6) is 0 Å². The van der Waals surface area contributed by atoms with E-state index in [-0.39, 0.29) is 5.82 Å². The first-order valence-corrected chi connectivity index (χ1v) is 6.23. The monoisotopic (exact) mass is 309 g/mol. The average molecular weight is 310 g/mol. The molecule has 1 aromatic carbocycles. The summed E-state index contributed by atoms with van der Waals surface area (Å²) in [7, 11) is 0. The molecule has 5 heteroatoms. The molecule has 0 fully saturated rings. The molecule has 1 atom stereocenters. The Balaban J connectivity index is 2.45. The lowest BCUT2D eigenvalue weighted by Gasteiger charge is -2.17. The first-order valence-electron chi connectivity index (χ1n) is 5.44. The fraction of sp³-hybridized carbons (Fsp3) is 0.154. The lowest BCUT2D eigenvalue weighted by atomic mass is 9.99. The summed E-state index contributed by atoms with van der Waals surface area (Å²) in [6.07, 6.45) is 3.42. The second kappa shape index (κ2) is 5.56. The van der Waals surface area contributed by atoms with Gasteiger partial charge in [0.25, 0.3) is 0 Å². The second-order valence-corrected chi connectivity index (χ2v) is 4.98. The first kappa shape index (κ1) is 13.1. The lowest BCUT2D eigenvalue weighted by Crippen LogP contribution is -2.29. The fourth-order valence-corrected chi connectivity index (χ4v) is 2.17. The average Bonchev–Trinajstić information content (AvgIpc) is 2.33. The highest BCUT2D eigenvalue weighted by Gasteiger charge is 2.17. The molecule has 0 spiro atoms. The molecule has 1 unspecified atom stereocenters. The number of rotatable bonds is 3. The first-order chi connectivity index (χ1) is 8.61. The van der Waals surface area contributed by atoms with Crippen molar-refractivity contribution in [3.05, 3.63) is 63.6 Å². The quantitative estimate of drug-likeness (QED) is 0.677. The molecule has 3 N–H and O–H groups in total. The van der Waals surface area contributed by atoms with Crippen LogP contribution in [-0.4, -0.2) is 4.98 Å². The van der Waals surface area contributed by atoms with E-state index in [0.717, 1.165) is 11.1 Å². The Hall–Kier alpha value is -1.30. The molecule has 2 rings (SSSR count). The zero-order valence-electron chi connectivity index (χ0n) is 9.82. The minimum absolute atomic E-state index is 0.311.